The van der Waals surface area contributed by atoms with Crippen LogP contribution in [0.4, 0.5) is 11.4 Å². The lowest BCUT2D eigenvalue weighted by molar-refractivity contribution is -0.384. The van der Waals surface area contributed by atoms with Crippen LogP contribution in [0.5, 0.6) is 0 Å². The van der Waals surface area contributed by atoms with E-state index in [0.29, 0.717) is 22.1 Å². The predicted molar refractivity (Wildman–Crippen MR) is 109 cm³/mol. The summed E-state index contributed by atoms with van der Waals surface area (Å²) in [7, 11) is 0. The van der Waals surface area contributed by atoms with Crippen molar-refractivity contribution in [3.63, 3.8) is 0 Å². The van der Waals surface area contributed by atoms with Gasteiger partial charge in [-0.15, -0.1) is 0 Å². The molecule has 0 spiro atoms. The average Bonchev–Trinajstić information content (AvgIpc) is 3.16. The highest BCUT2D eigenvalue weighted by atomic mass is 35.5. The second-order valence-corrected chi connectivity index (χ2v) is 6.53. The van der Waals surface area contributed by atoms with Gasteiger partial charge in [-0.3, -0.25) is 14.9 Å². The van der Waals surface area contributed by atoms with E-state index in [1.165, 1.54) is 24.3 Å². The van der Waals surface area contributed by atoms with Crippen LogP contribution >= 0.6 is 11.6 Å². The van der Waals surface area contributed by atoms with Gasteiger partial charge in [0, 0.05) is 28.8 Å². The topological polar surface area (TPSA) is 109 Å². The van der Waals surface area contributed by atoms with Crippen LogP contribution in [0.25, 0.3) is 17.4 Å². The maximum atomic E-state index is 12.5. The number of carbonyl (C=O) groups is 1. The molecule has 0 aliphatic carbocycles. The van der Waals surface area contributed by atoms with Crippen molar-refractivity contribution < 1.29 is 14.1 Å². The lowest BCUT2D eigenvalue weighted by atomic mass is 10.1. The highest BCUT2D eigenvalue weighted by Gasteiger charge is 2.15. The summed E-state index contributed by atoms with van der Waals surface area (Å²) in [4.78, 5) is 22.8. The molecule has 2 aromatic carbocycles. The minimum atomic E-state index is -0.697. The normalized spacial score (nSPS) is 11.0. The Morgan fingerprint density at radius 1 is 1.24 bits per heavy atom. The van der Waals surface area contributed by atoms with Gasteiger partial charge in [0.15, 0.2) is 0 Å². The second-order valence-electron chi connectivity index (χ2n) is 6.09. The summed E-state index contributed by atoms with van der Waals surface area (Å²) in [5.74, 6) is 0.144. The molecule has 29 heavy (non-hydrogen) atoms. The molecule has 1 heterocycles. The number of nitrogens with zero attached hydrogens (tertiary/aromatic N) is 2. The van der Waals surface area contributed by atoms with Crippen molar-refractivity contribution in [2.45, 2.75) is 6.92 Å². The summed E-state index contributed by atoms with van der Waals surface area (Å²) < 4.78 is 5.68. The van der Waals surface area contributed by atoms with E-state index < -0.39 is 10.8 Å². The SMILES string of the molecule is Cc1ccc([N+](=O)[O-])cc1NC(=O)/C(C#N)=C/c1ccc(-c2cccc(Cl)c2)o1. The van der Waals surface area contributed by atoms with Crippen molar-refractivity contribution in [3.05, 3.63) is 86.6 Å². The third-order valence-electron chi connectivity index (χ3n) is 4.07. The van der Waals surface area contributed by atoms with Gasteiger partial charge in [-0.25, -0.2) is 0 Å². The zero-order valence-corrected chi connectivity index (χ0v) is 15.9. The van der Waals surface area contributed by atoms with E-state index in [2.05, 4.69) is 5.32 Å². The van der Waals surface area contributed by atoms with Gasteiger partial charge in [0.25, 0.3) is 11.6 Å². The molecule has 1 aromatic heterocycles. The zero-order chi connectivity index (χ0) is 21.0. The van der Waals surface area contributed by atoms with E-state index in [1.807, 2.05) is 12.1 Å². The molecular weight excluding hydrogens is 394 g/mol. The fraction of sp³-hybridized carbons (Fsp3) is 0.0476. The lowest BCUT2D eigenvalue weighted by Gasteiger charge is -2.07. The number of halogens is 1. The molecule has 3 aromatic rings. The second kappa shape index (κ2) is 8.42. The number of carbonyl (C=O) groups excluding carboxylic acids is 1. The first-order valence-corrected chi connectivity index (χ1v) is 8.79. The molecular formula is C21H14ClN3O4. The van der Waals surface area contributed by atoms with Crippen molar-refractivity contribution in [2.75, 3.05) is 5.32 Å². The van der Waals surface area contributed by atoms with E-state index in [-0.39, 0.29) is 16.9 Å². The largest absolute Gasteiger partial charge is 0.457 e. The number of nitriles is 1. The number of non-ortho nitro benzene ring substituents is 1. The predicted octanol–water partition coefficient (Wildman–Crippen LogP) is 5.36. The molecule has 7 nitrogen and oxygen atoms in total. The number of rotatable bonds is 5. The third-order valence-corrected chi connectivity index (χ3v) is 4.30. The van der Waals surface area contributed by atoms with E-state index >= 15 is 0 Å². The molecule has 8 heteroatoms. The Morgan fingerprint density at radius 2 is 2.03 bits per heavy atom. The van der Waals surface area contributed by atoms with Gasteiger partial charge in [0.05, 0.1) is 10.6 Å². The van der Waals surface area contributed by atoms with E-state index in [0.717, 1.165) is 5.56 Å². The number of nitro benzene ring substituents is 1. The minimum Gasteiger partial charge on any atom is -0.457 e. The van der Waals surface area contributed by atoms with Crippen LogP contribution < -0.4 is 5.32 Å². The Hall–Kier alpha value is -3.89. The number of furan rings is 1. The lowest BCUT2D eigenvalue weighted by Crippen LogP contribution is -2.14. The average molecular weight is 408 g/mol. The number of aryl methyl sites for hydroxylation is 1. The van der Waals surface area contributed by atoms with Crippen molar-refractivity contribution in [1.29, 1.82) is 5.26 Å². The first kappa shape index (κ1) is 19.9. The first-order chi connectivity index (χ1) is 13.9. The van der Waals surface area contributed by atoms with Crippen LogP contribution in [-0.2, 0) is 4.79 Å². The van der Waals surface area contributed by atoms with Gasteiger partial charge >= 0.3 is 0 Å². The first-order valence-electron chi connectivity index (χ1n) is 8.41. The number of amides is 1. The van der Waals surface area contributed by atoms with E-state index in [1.54, 1.807) is 37.3 Å². The summed E-state index contributed by atoms with van der Waals surface area (Å²) in [6, 6.07) is 16.3. The van der Waals surface area contributed by atoms with Gasteiger partial charge in [0.2, 0.25) is 0 Å². The number of nitrogens with one attached hydrogen (secondary N) is 1. The van der Waals surface area contributed by atoms with Gasteiger partial charge in [0.1, 0.15) is 23.2 Å². The standard InChI is InChI=1S/C21H14ClN3O4/c1-13-5-6-17(25(27)28)11-19(13)24-21(26)15(12-23)10-18-7-8-20(29-18)14-3-2-4-16(22)9-14/h2-11H,1H3,(H,24,26)/b15-10+. The Balaban J connectivity index is 1.84. The smallest absolute Gasteiger partial charge is 0.271 e. The van der Waals surface area contributed by atoms with Gasteiger partial charge < -0.3 is 9.73 Å². The van der Waals surface area contributed by atoms with Gasteiger partial charge in [-0.2, -0.15) is 5.26 Å². The molecule has 0 saturated carbocycles. The van der Waals surface area contributed by atoms with Crippen LogP contribution in [-0.4, -0.2) is 10.8 Å². The summed E-state index contributed by atoms with van der Waals surface area (Å²) in [5, 5.41) is 23.4. The number of hydrogen-bond donors (Lipinski definition) is 1. The zero-order valence-electron chi connectivity index (χ0n) is 15.2. The number of anilines is 1. The molecule has 0 fully saturated rings. The Morgan fingerprint density at radius 3 is 2.72 bits per heavy atom. The molecule has 1 amide bonds. The van der Waals surface area contributed by atoms with Crippen LogP contribution in [0.3, 0.4) is 0 Å². The summed E-state index contributed by atoms with van der Waals surface area (Å²) in [6.07, 6.45) is 1.30. The quantitative estimate of drug-likeness (QED) is 0.265. The molecule has 0 saturated heterocycles. The van der Waals surface area contributed by atoms with Crippen LogP contribution in [0, 0.1) is 28.4 Å². The fourth-order valence-corrected chi connectivity index (χ4v) is 2.76. The minimum absolute atomic E-state index is 0.161. The number of hydrogen-bond acceptors (Lipinski definition) is 5. The fourth-order valence-electron chi connectivity index (χ4n) is 2.57. The molecule has 0 unspecified atom stereocenters. The number of benzene rings is 2. The molecule has 1 N–H and O–H groups in total. The maximum Gasteiger partial charge on any atom is 0.271 e. The maximum absolute atomic E-state index is 12.5. The molecule has 0 aliphatic heterocycles. The third kappa shape index (κ3) is 4.69. The highest BCUT2D eigenvalue weighted by Crippen LogP contribution is 2.26. The van der Waals surface area contributed by atoms with Crippen molar-refractivity contribution in [1.82, 2.24) is 0 Å². The van der Waals surface area contributed by atoms with Crippen LogP contribution in [0.2, 0.25) is 5.02 Å². The van der Waals surface area contributed by atoms with Crippen LogP contribution in [0.1, 0.15) is 11.3 Å². The van der Waals surface area contributed by atoms with E-state index in [4.69, 9.17) is 16.0 Å². The molecule has 0 atom stereocenters. The molecule has 144 valence electrons. The monoisotopic (exact) mass is 407 g/mol. The summed E-state index contributed by atoms with van der Waals surface area (Å²) >= 11 is 5.98. The van der Waals surface area contributed by atoms with Crippen LogP contribution in [0.15, 0.2) is 64.6 Å². The van der Waals surface area contributed by atoms with Gasteiger partial charge in [-0.1, -0.05) is 29.8 Å². The van der Waals surface area contributed by atoms with Crippen molar-refractivity contribution in [3.8, 4) is 17.4 Å². The Labute approximate surface area is 171 Å². The van der Waals surface area contributed by atoms with Crippen molar-refractivity contribution >= 4 is 35.0 Å². The highest BCUT2D eigenvalue weighted by molar-refractivity contribution is 6.30. The number of nitro groups is 1. The molecule has 0 bridgehead atoms. The van der Waals surface area contributed by atoms with E-state index in [9.17, 15) is 20.2 Å². The Bertz CT molecular complexity index is 1170. The Kier molecular flexibility index (Phi) is 5.77. The van der Waals surface area contributed by atoms with Crippen molar-refractivity contribution in [2.24, 2.45) is 0 Å². The molecule has 0 aliphatic rings. The van der Waals surface area contributed by atoms with Gasteiger partial charge in [-0.05, 0) is 36.8 Å². The molecule has 3 rings (SSSR count). The summed E-state index contributed by atoms with van der Waals surface area (Å²) in [5.41, 5.74) is 1.27. The molecule has 0 radical (unpaired) electrons. The summed E-state index contributed by atoms with van der Waals surface area (Å²) in [6.45, 7) is 1.69.